The van der Waals surface area contributed by atoms with Gasteiger partial charge in [0.25, 0.3) is 0 Å². The first-order valence-electron chi connectivity index (χ1n) is 9.57. The predicted octanol–water partition coefficient (Wildman–Crippen LogP) is 4.13. The van der Waals surface area contributed by atoms with Crippen molar-refractivity contribution in [2.45, 2.75) is 19.9 Å². The fourth-order valence-electron chi connectivity index (χ4n) is 4.67. The summed E-state index contributed by atoms with van der Waals surface area (Å²) in [4.78, 5) is 28.7. The third-order valence-electron chi connectivity index (χ3n) is 6.24. The molecule has 4 heteroatoms. The first kappa shape index (κ1) is 17.0. The van der Waals surface area contributed by atoms with Crippen molar-refractivity contribution in [2.75, 3.05) is 11.9 Å². The summed E-state index contributed by atoms with van der Waals surface area (Å²) in [7, 11) is 3.96. The minimum atomic E-state index is -0.180. The van der Waals surface area contributed by atoms with E-state index in [2.05, 4.69) is 23.1 Å². The smallest absolute Gasteiger partial charge is 0.197 e. The predicted molar refractivity (Wildman–Crippen MR) is 114 cm³/mol. The standard InChI is InChI=1S/C24H22N2O2/c1-13-5-7-19-15(9-13)23(27)17-11-22-18(12-21(17)25(19)3)24(28)16-10-14(2)6-8-20(16)26(22)4/h5-12,15,19H,1-4H3. The second-order valence-electron chi connectivity index (χ2n) is 8.06. The molecule has 0 N–H and O–H groups in total. The van der Waals surface area contributed by atoms with Gasteiger partial charge in [0.1, 0.15) is 0 Å². The lowest BCUT2D eigenvalue weighted by Gasteiger charge is -2.39. The zero-order valence-electron chi connectivity index (χ0n) is 16.5. The second-order valence-corrected chi connectivity index (χ2v) is 8.06. The van der Waals surface area contributed by atoms with Crippen molar-refractivity contribution >= 4 is 33.3 Å². The van der Waals surface area contributed by atoms with E-state index in [0.717, 1.165) is 27.9 Å². The van der Waals surface area contributed by atoms with Gasteiger partial charge in [0, 0.05) is 36.1 Å². The van der Waals surface area contributed by atoms with Crippen LogP contribution in [-0.4, -0.2) is 23.4 Å². The number of ketones is 1. The third kappa shape index (κ3) is 2.18. The summed E-state index contributed by atoms with van der Waals surface area (Å²) >= 11 is 0. The molecule has 0 saturated carbocycles. The van der Waals surface area contributed by atoms with E-state index in [1.54, 1.807) is 0 Å². The molecule has 0 spiro atoms. The van der Waals surface area contributed by atoms with Crippen LogP contribution < -0.4 is 10.3 Å². The Morgan fingerprint density at radius 3 is 2.46 bits per heavy atom. The van der Waals surface area contributed by atoms with Crippen LogP contribution in [0.1, 0.15) is 22.8 Å². The fraction of sp³-hybridized carbons (Fsp3) is 0.250. The van der Waals surface area contributed by atoms with E-state index in [4.69, 9.17) is 0 Å². The maximum atomic E-state index is 13.3. The molecule has 2 atom stereocenters. The number of aryl methyl sites for hydroxylation is 2. The summed E-state index contributed by atoms with van der Waals surface area (Å²) in [6.45, 7) is 4.02. The monoisotopic (exact) mass is 370 g/mol. The van der Waals surface area contributed by atoms with E-state index in [0.29, 0.717) is 16.3 Å². The fourth-order valence-corrected chi connectivity index (χ4v) is 4.67. The molecule has 4 nitrogen and oxygen atoms in total. The topological polar surface area (TPSA) is 42.3 Å². The highest BCUT2D eigenvalue weighted by Gasteiger charge is 2.38. The Morgan fingerprint density at radius 1 is 0.929 bits per heavy atom. The Hall–Kier alpha value is -3.14. The van der Waals surface area contributed by atoms with Gasteiger partial charge in [-0.3, -0.25) is 9.59 Å². The van der Waals surface area contributed by atoms with Crippen molar-refractivity contribution in [2.24, 2.45) is 13.0 Å². The molecule has 140 valence electrons. The number of rotatable bonds is 0. The summed E-state index contributed by atoms with van der Waals surface area (Å²) < 4.78 is 2.02. The summed E-state index contributed by atoms with van der Waals surface area (Å²) in [5.74, 6) is -0.0553. The highest BCUT2D eigenvalue weighted by atomic mass is 16.1. The molecular weight excluding hydrogens is 348 g/mol. The molecule has 0 radical (unpaired) electrons. The summed E-state index contributed by atoms with van der Waals surface area (Å²) in [5, 5.41) is 1.37. The molecule has 1 aromatic heterocycles. The molecule has 2 aromatic carbocycles. The molecule has 28 heavy (non-hydrogen) atoms. The van der Waals surface area contributed by atoms with Crippen LogP contribution in [0, 0.1) is 12.8 Å². The summed E-state index contributed by atoms with van der Waals surface area (Å²) in [6, 6.07) is 9.74. The number of carbonyl (C=O) groups is 1. The number of benzene rings is 2. The van der Waals surface area contributed by atoms with Gasteiger partial charge in [-0.15, -0.1) is 0 Å². The van der Waals surface area contributed by atoms with E-state index < -0.39 is 0 Å². The van der Waals surface area contributed by atoms with Gasteiger partial charge in [-0.2, -0.15) is 0 Å². The number of fused-ring (bicyclic) bond motifs is 4. The highest BCUT2D eigenvalue weighted by molar-refractivity contribution is 6.10. The Bertz CT molecular complexity index is 1310. The number of hydrogen-bond donors (Lipinski definition) is 0. The lowest BCUT2D eigenvalue weighted by Crippen LogP contribution is -2.45. The molecule has 1 aliphatic carbocycles. The van der Waals surface area contributed by atoms with E-state index >= 15 is 0 Å². The first-order chi connectivity index (χ1) is 13.4. The number of pyridine rings is 1. The molecule has 2 aliphatic rings. The van der Waals surface area contributed by atoms with E-state index in [9.17, 15) is 9.59 Å². The highest BCUT2D eigenvalue weighted by Crippen LogP contribution is 2.38. The Morgan fingerprint density at radius 2 is 1.68 bits per heavy atom. The van der Waals surface area contributed by atoms with Crippen LogP contribution in [0.4, 0.5) is 5.69 Å². The summed E-state index contributed by atoms with van der Waals surface area (Å²) in [6.07, 6.45) is 6.21. The average Bonchev–Trinajstić information content (AvgIpc) is 2.69. The Kier molecular flexibility index (Phi) is 3.45. The second kappa shape index (κ2) is 5.68. The average molecular weight is 370 g/mol. The van der Waals surface area contributed by atoms with Crippen molar-refractivity contribution in [1.82, 2.24) is 4.57 Å². The van der Waals surface area contributed by atoms with Crippen molar-refractivity contribution in [1.29, 1.82) is 0 Å². The number of anilines is 1. The van der Waals surface area contributed by atoms with Gasteiger partial charge in [0.15, 0.2) is 11.2 Å². The van der Waals surface area contributed by atoms with Crippen LogP contribution in [-0.2, 0) is 7.05 Å². The largest absolute Gasteiger partial charge is 0.366 e. The number of aromatic nitrogens is 1. The molecule has 2 unspecified atom stereocenters. The van der Waals surface area contributed by atoms with E-state index in [1.165, 1.54) is 0 Å². The Labute approximate surface area is 163 Å². The zero-order chi connectivity index (χ0) is 19.7. The minimum Gasteiger partial charge on any atom is -0.366 e. The third-order valence-corrected chi connectivity index (χ3v) is 6.24. The number of carbonyl (C=O) groups excluding carboxylic acids is 1. The van der Waals surface area contributed by atoms with Crippen LogP contribution in [0.3, 0.4) is 0 Å². The first-order valence-corrected chi connectivity index (χ1v) is 9.57. The molecule has 0 bridgehead atoms. The van der Waals surface area contributed by atoms with Crippen molar-refractivity contribution in [3.05, 3.63) is 75.5 Å². The number of Topliss-reactive ketones (excluding diaryl/α,β-unsaturated/α-hetero) is 1. The van der Waals surface area contributed by atoms with Gasteiger partial charge in [0.05, 0.1) is 23.0 Å². The van der Waals surface area contributed by atoms with Gasteiger partial charge >= 0.3 is 0 Å². The molecular formula is C24H22N2O2. The SMILES string of the molecule is CC1=CC2C(=O)c3cc4c(cc3N(C)C2C=C1)c(=O)c1cc(C)ccc1n4C. The number of nitrogens with zero attached hydrogens (tertiary/aromatic N) is 2. The Balaban J connectivity index is 1.86. The van der Waals surface area contributed by atoms with Crippen LogP contribution in [0.25, 0.3) is 21.8 Å². The van der Waals surface area contributed by atoms with Crippen LogP contribution in [0.2, 0.25) is 0 Å². The minimum absolute atomic E-state index is 0.00676. The van der Waals surface area contributed by atoms with Crippen molar-refractivity contribution in [3.8, 4) is 0 Å². The van der Waals surface area contributed by atoms with Crippen molar-refractivity contribution in [3.63, 3.8) is 0 Å². The van der Waals surface area contributed by atoms with Gasteiger partial charge < -0.3 is 9.47 Å². The number of allylic oxidation sites excluding steroid dienone is 2. The lowest BCUT2D eigenvalue weighted by molar-refractivity contribution is 0.0929. The van der Waals surface area contributed by atoms with Crippen molar-refractivity contribution < 1.29 is 4.79 Å². The quantitative estimate of drug-likeness (QED) is 0.559. The van der Waals surface area contributed by atoms with Crippen LogP contribution in [0.15, 0.2) is 58.9 Å². The molecule has 0 amide bonds. The van der Waals surface area contributed by atoms with Gasteiger partial charge in [0.2, 0.25) is 0 Å². The maximum Gasteiger partial charge on any atom is 0.197 e. The normalized spacial score (nSPS) is 21.1. The molecule has 0 fully saturated rings. The molecule has 1 aliphatic heterocycles. The molecule has 2 heterocycles. The molecule has 3 aromatic rings. The number of hydrogen-bond acceptors (Lipinski definition) is 3. The summed E-state index contributed by atoms with van der Waals surface area (Å²) in [5.41, 5.74) is 5.40. The van der Waals surface area contributed by atoms with E-state index in [1.807, 2.05) is 62.8 Å². The molecule has 0 saturated heterocycles. The van der Waals surface area contributed by atoms with Crippen LogP contribution in [0.5, 0.6) is 0 Å². The van der Waals surface area contributed by atoms with Gasteiger partial charge in [-0.05, 0) is 38.1 Å². The zero-order valence-corrected chi connectivity index (χ0v) is 16.5. The van der Waals surface area contributed by atoms with Crippen LogP contribution >= 0.6 is 0 Å². The maximum absolute atomic E-state index is 13.3. The lowest BCUT2D eigenvalue weighted by atomic mass is 9.80. The van der Waals surface area contributed by atoms with E-state index in [-0.39, 0.29) is 23.2 Å². The molecule has 5 rings (SSSR count). The van der Waals surface area contributed by atoms with Gasteiger partial charge in [-0.1, -0.05) is 35.4 Å². The number of likely N-dealkylation sites (N-methyl/N-ethyl adjacent to an activating group) is 1. The van der Waals surface area contributed by atoms with Gasteiger partial charge in [-0.25, -0.2) is 0 Å².